The highest BCUT2D eigenvalue weighted by Gasteiger charge is 2.00. The summed E-state index contributed by atoms with van der Waals surface area (Å²) in [5.41, 5.74) is 0. The second-order valence-corrected chi connectivity index (χ2v) is 2.94. The molecule has 0 saturated carbocycles. The molecule has 0 aliphatic rings. The van der Waals surface area contributed by atoms with Gasteiger partial charge < -0.3 is 5.11 Å². The second kappa shape index (κ2) is 7.07. The van der Waals surface area contributed by atoms with Crippen LogP contribution in [0.15, 0.2) is 0 Å². The first-order valence-corrected chi connectivity index (χ1v) is 4.49. The number of aliphatic hydroxyl groups is 1. The minimum atomic E-state index is -0.0310. The molecule has 0 aromatic heterocycles. The standard InChI is InChI=1S/C9H20O/c1-3-5-6-8-9(10)7-4-2/h9-10H,3-8H2,1-2H3/t9-/m0/s1. The van der Waals surface area contributed by atoms with Crippen molar-refractivity contribution in [3.8, 4) is 0 Å². The van der Waals surface area contributed by atoms with Crippen LogP contribution in [-0.2, 0) is 0 Å². The summed E-state index contributed by atoms with van der Waals surface area (Å²) in [7, 11) is 0. The van der Waals surface area contributed by atoms with Gasteiger partial charge in [0.05, 0.1) is 6.10 Å². The zero-order valence-corrected chi connectivity index (χ0v) is 7.27. The Morgan fingerprint density at radius 1 is 1.00 bits per heavy atom. The van der Waals surface area contributed by atoms with E-state index in [0.717, 1.165) is 19.3 Å². The second-order valence-electron chi connectivity index (χ2n) is 2.94. The van der Waals surface area contributed by atoms with Crippen LogP contribution in [0.1, 0.15) is 52.4 Å². The van der Waals surface area contributed by atoms with Crippen molar-refractivity contribution in [1.82, 2.24) is 0 Å². The zero-order valence-electron chi connectivity index (χ0n) is 7.27. The fraction of sp³-hybridized carbons (Fsp3) is 1.00. The molecule has 0 aliphatic heterocycles. The van der Waals surface area contributed by atoms with Crippen LogP contribution in [0.5, 0.6) is 0 Å². The average Bonchev–Trinajstić information content (AvgIpc) is 1.89. The van der Waals surface area contributed by atoms with E-state index >= 15 is 0 Å². The molecule has 0 spiro atoms. The van der Waals surface area contributed by atoms with Crippen molar-refractivity contribution in [3.63, 3.8) is 0 Å². The highest BCUT2D eigenvalue weighted by molar-refractivity contribution is 4.53. The van der Waals surface area contributed by atoms with Crippen molar-refractivity contribution in [2.75, 3.05) is 0 Å². The van der Waals surface area contributed by atoms with Crippen LogP contribution >= 0.6 is 0 Å². The van der Waals surface area contributed by atoms with E-state index in [1.165, 1.54) is 19.3 Å². The van der Waals surface area contributed by atoms with E-state index < -0.39 is 0 Å². The SMILES string of the molecule is CCCCC[C@@H](O)CCC. The minimum Gasteiger partial charge on any atom is -0.393 e. The molecule has 1 N–H and O–H groups in total. The summed E-state index contributed by atoms with van der Waals surface area (Å²) in [5, 5.41) is 9.28. The van der Waals surface area contributed by atoms with Crippen LogP contribution in [-0.4, -0.2) is 11.2 Å². The Balaban J connectivity index is 2.97. The molecule has 1 heteroatoms. The van der Waals surface area contributed by atoms with Gasteiger partial charge in [0.25, 0.3) is 0 Å². The van der Waals surface area contributed by atoms with Crippen molar-refractivity contribution in [2.45, 2.75) is 58.5 Å². The van der Waals surface area contributed by atoms with Gasteiger partial charge >= 0.3 is 0 Å². The van der Waals surface area contributed by atoms with Crippen molar-refractivity contribution in [3.05, 3.63) is 0 Å². The van der Waals surface area contributed by atoms with E-state index in [4.69, 9.17) is 0 Å². The number of hydrogen-bond acceptors (Lipinski definition) is 1. The Kier molecular flexibility index (Phi) is 7.04. The normalized spacial score (nSPS) is 13.5. The fourth-order valence-electron chi connectivity index (χ4n) is 1.11. The van der Waals surface area contributed by atoms with Gasteiger partial charge in [-0.3, -0.25) is 0 Å². The van der Waals surface area contributed by atoms with Crippen LogP contribution in [0.2, 0.25) is 0 Å². The van der Waals surface area contributed by atoms with E-state index in [-0.39, 0.29) is 6.10 Å². The monoisotopic (exact) mass is 144 g/mol. The van der Waals surface area contributed by atoms with Crippen molar-refractivity contribution >= 4 is 0 Å². The molecule has 0 aromatic rings. The molecule has 0 radical (unpaired) electrons. The van der Waals surface area contributed by atoms with Gasteiger partial charge in [-0.2, -0.15) is 0 Å². The molecule has 0 aliphatic carbocycles. The van der Waals surface area contributed by atoms with E-state index in [9.17, 15) is 5.11 Å². The lowest BCUT2D eigenvalue weighted by Crippen LogP contribution is -2.04. The van der Waals surface area contributed by atoms with Crippen LogP contribution < -0.4 is 0 Å². The molecule has 1 nitrogen and oxygen atoms in total. The molecule has 0 rings (SSSR count). The van der Waals surface area contributed by atoms with Crippen LogP contribution in [0.25, 0.3) is 0 Å². The Hall–Kier alpha value is -0.0400. The van der Waals surface area contributed by atoms with E-state index in [0.29, 0.717) is 0 Å². The molecule has 0 unspecified atom stereocenters. The van der Waals surface area contributed by atoms with Crippen LogP contribution in [0, 0.1) is 0 Å². The average molecular weight is 144 g/mol. The number of rotatable bonds is 6. The Morgan fingerprint density at radius 3 is 2.20 bits per heavy atom. The van der Waals surface area contributed by atoms with Gasteiger partial charge in [-0.25, -0.2) is 0 Å². The molecule has 0 aromatic carbocycles. The molecule has 0 saturated heterocycles. The van der Waals surface area contributed by atoms with Gasteiger partial charge in [0.1, 0.15) is 0 Å². The number of hydrogen-bond donors (Lipinski definition) is 1. The third-order valence-electron chi connectivity index (χ3n) is 1.76. The van der Waals surface area contributed by atoms with Crippen LogP contribution in [0.4, 0.5) is 0 Å². The summed E-state index contributed by atoms with van der Waals surface area (Å²) >= 11 is 0. The van der Waals surface area contributed by atoms with Gasteiger partial charge in [-0.05, 0) is 12.8 Å². The van der Waals surface area contributed by atoms with Gasteiger partial charge in [-0.1, -0.05) is 39.5 Å². The molecule has 1 atom stereocenters. The Morgan fingerprint density at radius 2 is 1.70 bits per heavy atom. The molecular weight excluding hydrogens is 124 g/mol. The van der Waals surface area contributed by atoms with E-state index in [1.54, 1.807) is 0 Å². The first-order valence-electron chi connectivity index (χ1n) is 4.49. The maximum absolute atomic E-state index is 9.28. The lowest BCUT2D eigenvalue weighted by molar-refractivity contribution is 0.150. The van der Waals surface area contributed by atoms with Crippen molar-refractivity contribution in [2.24, 2.45) is 0 Å². The Bertz CT molecular complexity index is 61.7. The summed E-state index contributed by atoms with van der Waals surface area (Å²) in [6.45, 7) is 4.30. The molecule has 0 amide bonds. The summed E-state index contributed by atoms with van der Waals surface area (Å²) in [4.78, 5) is 0. The van der Waals surface area contributed by atoms with Gasteiger partial charge in [-0.15, -0.1) is 0 Å². The quantitative estimate of drug-likeness (QED) is 0.568. The molecule has 0 bridgehead atoms. The summed E-state index contributed by atoms with van der Waals surface area (Å²) in [6.07, 6.45) is 6.76. The number of aliphatic hydroxyl groups excluding tert-OH is 1. The topological polar surface area (TPSA) is 20.2 Å². The summed E-state index contributed by atoms with van der Waals surface area (Å²) in [6, 6.07) is 0. The molecule has 0 fully saturated rings. The highest BCUT2D eigenvalue weighted by Crippen LogP contribution is 2.07. The third-order valence-corrected chi connectivity index (χ3v) is 1.76. The maximum atomic E-state index is 9.28. The van der Waals surface area contributed by atoms with Gasteiger partial charge in [0.15, 0.2) is 0 Å². The smallest absolute Gasteiger partial charge is 0.0540 e. The lowest BCUT2D eigenvalue weighted by Gasteiger charge is -2.07. The first-order chi connectivity index (χ1) is 4.81. The Labute approximate surface area is 64.5 Å². The minimum absolute atomic E-state index is 0.0310. The largest absolute Gasteiger partial charge is 0.393 e. The summed E-state index contributed by atoms with van der Waals surface area (Å²) in [5.74, 6) is 0. The van der Waals surface area contributed by atoms with Crippen molar-refractivity contribution in [1.29, 1.82) is 0 Å². The molecule has 0 heterocycles. The predicted molar refractivity (Wildman–Crippen MR) is 45.1 cm³/mol. The third kappa shape index (κ3) is 6.09. The van der Waals surface area contributed by atoms with Gasteiger partial charge in [0.2, 0.25) is 0 Å². The first kappa shape index (κ1) is 9.96. The summed E-state index contributed by atoms with van der Waals surface area (Å²) < 4.78 is 0. The molecule has 62 valence electrons. The fourth-order valence-corrected chi connectivity index (χ4v) is 1.11. The molecular formula is C9H20O. The number of unbranched alkanes of at least 4 members (excludes halogenated alkanes) is 2. The highest BCUT2D eigenvalue weighted by atomic mass is 16.3. The van der Waals surface area contributed by atoms with Crippen molar-refractivity contribution < 1.29 is 5.11 Å². The van der Waals surface area contributed by atoms with E-state index in [2.05, 4.69) is 13.8 Å². The predicted octanol–water partition coefficient (Wildman–Crippen LogP) is 2.73. The van der Waals surface area contributed by atoms with E-state index in [1.807, 2.05) is 0 Å². The van der Waals surface area contributed by atoms with Crippen LogP contribution in [0.3, 0.4) is 0 Å². The van der Waals surface area contributed by atoms with Gasteiger partial charge in [0, 0.05) is 0 Å². The lowest BCUT2D eigenvalue weighted by atomic mass is 10.1. The zero-order chi connectivity index (χ0) is 7.82. The maximum Gasteiger partial charge on any atom is 0.0540 e. The molecule has 10 heavy (non-hydrogen) atoms.